The highest BCUT2D eigenvalue weighted by molar-refractivity contribution is 6.30. The van der Waals surface area contributed by atoms with E-state index in [4.69, 9.17) is 16.7 Å². The van der Waals surface area contributed by atoms with Crippen molar-refractivity contribution < 1.29 is 19.5 Å². The zero-order valence-electron chi connectivity index (χ0n) is 14.2. The molecule has 0 aliphatic rings. The van der Waals surface area contributed by atoms with Gasteiger partial charge in [0.15, 0.2) is 0 Å². The highest BCUT2D eigenvalue weighted by Gasteiger charge is 2.28. The smallest absolute Gasteiger partial charge is 0.308 e. The van der Waals surface area contributed by atoms with E-state index in [1.807, 2.05) is 13.8 Å². The third-order valence-corrected chi connectivity index (χ3v) is 3.92. The number of carboxylic acid groups (broad SMARTS) is 1. The van der Waals surface area contributed by atoms with E-state index in [2.05, 4.69) is 5.32 Å². The maximum absolute atomic E-state index is 12.6. The molecule has 24 heavy (non-hydrogen) atoms. The van der Waals surface area contributed by atoms with E-state index in [0.29, 0.717) is 10.6 Å². The molecule has 7 heteroatoms. The fourth-order valence-electron chi connectivity index (χ4n) is 2.16. The first-order chi connectivity index (χ1) is 11.1. The number of carbonyl (C=O) groups excluding carboxylic acids is 2. The van der Waals surface area contributed by atoms with Crippen LogP contribution in [-0.2, 0) is 9.59 Å². The van der Waals surface area contributed by atoms with Gasteiger partial charge in [0.2, 0.25) is 5.91 Å². The molecule has 1 rings (SSSR count). The largest absolute Gasteiger partial charge is 0.481 e. The maximum Gasteiger partial charge on any atom is 0.308 e. The SMILES string of the molecule is CC(CN(C)C(=O)C(NC(=O)c1ccc(Cl)cc1)C(C)C)C(=O)O. The summed E-state index contributed by atoms with van der Waals surface area (Å²) in [6.07, 6.45) is 0. The quantitative estimate of drug-likeness (QED) is 0.786. The number of amides is 2. The second-order valence-electron chi connectivity index (χ2n) is 6.16. The normalized spacial score (nSPS) is 13.2. The molecular formula is C17H23ClN2O4. The Morgan fingerprint density at radius 2 is 1.71 bits per heavy atom. The first kappa shape index (κ1) is 20.0. The molecule has 0 spiro atoms. The van der Waals surface area contributed by atoms with E-state index < -0.39 is 17.9 Å². The van der Waals surface area contributed by atoms with Crippen molar-refractivity contribution >= 4 is 29.4 Å². The van der Waals surface area contributed by atoms with Gasteiger partial charge >= 0.3 is 5.97 Å². The first-order valence-electron chi connectivity index (χ1n) is 7.67. The van der Waals surface area contributed by atoms with Gasteiger partial charge in [-0.15, -0.1) is 0 Å². The zero-order valence-corrected chi connectivity index (χ0v) is 15.0. The van der Waals surface area contributed by atoms with Gasteiger partial charge in [0, 0.05) is 24.2 Å². The van der Waals surface area contributed by atoms with Crippen molar-refractivity contribution in [3.05, 3.63) is 34.9 Å². The lowest BCUT2D eigenvalue weighted by atomic mass is 10.0. The third kappa shape index (κ3) is 5.53. The number of carboxylic acids is 1. The summed E-state index contributed by atoms with van der Waals surface area (Å²) < 4.78 is 0. The average Bonchev–Trinajstić information content (AvgIpc) is 2.51. The van der Waals surface area contributed by atoms with Gasteiger partial charge in [-0.1, -0.05) is 32.4 Å². The number of rotatable bonds is 7. The Bertz CT molecular complexity index is 601. The fourth-order valence-corrected chi connectivity index (χ4v) is 2.28. The number of benzene rings is 1. The Balaban J connectivity index is 2.82. The van der Waals surface area contributed by atoms with Crippen LogP contribution in [0.2, 0.25) is 5.02 Å². The second kappa shape index (κ2) is 8.68. The van der Waals surface area contributed by atoms with Crippen LogP contribution in [0.3, 0.4) is 0 Å². The molecule has 1 aromatic rings. The molecule has 0 fully saturated rings. The van der Waals surface area contributed by atoms with Crippen LogP contribution in [0, 0.1) is 11.8 Å². The van der Waals surface area contributed by atoms with Gasteiger partial charge in [-0.25, -0.2) is 0 Å². The van der Waals surface area contributed by atoms with Crippen molar-refractivity contribution in [1.82, 2.24) is 10.2 Å². The lowest BCUT2D eigenvalue weighted by Gasteiger charge is -2.28. The maximum atomic E-state index is 12.6. The van der Waals surface area contributed by atoms with E-state index >= 15 is 0 Å². The summed E-state index contributed by atoms with van der Waals surface area (Å²) in [5, 5.41) is 12.2. The molecule has 2 N–H and O–H groups in total. The number of hydrogen-bond acceptors (Lipinski definition) is 3. The molecule has 2 amide bonds. The Labute approximate surface area is 146 Å². The Morgan fingerprint density at radius 1 is 1.17 bits per heavy atom. The second-order valence-corrected chi connectivity index (χ2v) is 6.60. The first-order valence-corrected chi connectivity index (χ1v) is 8.05. The standard InChI is InChI=1S/C17H23ClN2O4/c1-10(2)14(16(22)20(4)9-11(3)17(23)24)19-15(21)12-5-7-13(18)8-6-12/h5-8,10-11,14H,9H2,1-4H3,(H,19,21)(H,23,24). The number of nitrogens with one attached hydrogen (secondary N) is 1. The van der Waals surface area contributed by atoms with Gasteiger partial charge in [-0.05, 0) is 30.2 Å². The molecule has 0 aromatic heterocycles. The molecular weight excluding hydrogens is 332 g/mol. The van der Waals surface area contributed by atoms with Crippen molar-refractivity contribution in [3.63, 3.8) is 0 Å². The van der Waals surface area contributed by atoms with Crippen LogP contribution in [-0.4, -0.2) is 47.4 Å². The van der Waals surface area contributed by atoms with Crippen LogP contribution >= 0.6 is 11.6 Å². The molecule has 0 radical (unpaired) electrons. The number of halogens is 1. The molecule has 6 nitrogen and oxygen atoms in total. The highest BCUT2D eigenvalue weighted by Crippen LogP contribution is 2.12. The van der Waals surface area contributed by atoms with Gasteiger partial charge < -0.3 is 15.3 Å². The lowest BCUT2D eigenvalue weighted by molar-refractivity contribution is -0.143. The van der Waals surface area contributed by atoms with E-state index in [1.165, 1.54) is 18.9 Å². The molecule has 1 aromatic carbocycles. The Kier molecular flexibility index (Phi) is 7.22. The average molecular weight is 355 g/mol. The summed E-state index contributed by atoms with van der Waals surface area (Å²) >= 11 is 5.80. The molecule has 0 saturated carbocycles. The zero-order chi connectivity index (χ0) is 18.4. The van der Waals surface area contributed by atoms with Gasteiger partial charge in [0.1, 0.15) is 6.04 Å². The van der Waals surface area contributed by atoms with Crippen molar-refractivity contribution in [2.75, 3.05) is 13.6 Å². The Morgan fingerprint density at radius 3 is 2.17 bits per heavy atom. The molecule has 0 saturated heterocycles. The molecule has 2 atom stereocenters. The number of carbonyl (C=O) groups is 3. The van der Waals surface area contributed by atoms with Crippen LogP contribution in [0.5, 0.6) is 0 Å². The number of aliphatic carboxylic acids is 1. The fraction of sp³-hybridized carbons (Fsp3) is 0.471. The van der Waals surface area contributed by atoms with E-state index in [9.17, 15) is 14.4 Å². The summed E-state index contributed by atoms with van der Waals surface area (Å²) in [4.78, 5) is 37.1. The van der Waals surface area contributed by atoms with E-state index in [1.54, 1.807) is 24.3 Å². The van der Waals surface area contributed by atoms with E-state index in [0.717, 1.165) is 0 Å². The van der Waals surface area contributed by atoms with Crippen LogP contribution < -0.4 is 5.32 Å². The highest BCUT2D eigenvalue weighted by atomic mass is 35.5. The molecule has 0 aliphatic heterocycles. The van der Waals surface area contributed by atoms with Crippen molar-refractivity contribution in [2.24, 2.45) is 11.8 Å². The van der Waals surface area contributed by atoms with Crippen LogP contribution in [0.15, 0.2) is 24.3 Å². The van der Waals surface area contributed by atoms with Crippen LogP contribution in [0.1, 0.15) is 31.1 Å². The topological polar surface area (TPSA) is 86.7 Å². The van der Waals surface area contributed by atoms with Crippen molar-refractivity contribution in [3.8, 4) is 0 Å². The predicted molar refractivity (Wildman–Crippen MR) is 92.0 cm³/mol. The molecule has 0 aliphatic carbocycles. The summed E-state index contributed by atoms with van der Waals surface area (Å²) in [6.45, 7) is 5.25. The van der Waals surface area contributed by atoms with Crippen LogP contribution in [0.25, 0.3) is 0 Å². The van der Waals surface area contributed by atoms with Crippen LogP contribution in [0.4, 0.5) is 0 Å². The number of hydrogen-bond donors (Lipinski definition) is 2. The predicted octanol–water partition coefficient (Wildman–Crippen LogP) is 2.27. The molecule has 0 heterocycles. The summed E-state index contributed by atoms with van der Waals surface area (Å²) in [6, 6.07) is 5.62. The third-order valence-electron chi connectivity index (χ3n) is 3.67. The minimum absolute atomic E-state index is 0.0776. The monoisotopic (exact) mass is 354 g/mol. The Hall–Kier alpha value is -2.08. The number of likely N-dealkylation sites (N-methyl/N-ethyl adjacent to an activating group) is 1. The van der Waals surface area contributed by atoms with E-state index in [-0.39, 0.29) is 24.3 Å². The molecule has 2 unspecified atom stereocenters. The lowest BCUT2D eigenvalue weighted by Crippen LogP contribution is -2.51. The van der Waals surface area contributed by atoms with Gasteiger partial charge in [-0.2, -0.15) is 0 Å². The van der Waals surface area contributed by atoms with Gasteiger partial charge in [-0.3, -0.25) is 14.4 Å². The minimum atomic E-state index is -0.971. The summed E-state index contributed by atoms with van der Waals surface area (Å²) in [5.41, 5.74) is 0.402. The minimum Gasteiger partial charge on any atom is -0.481 e. The number of nitrogens with zero attached hydrogens (tertiary/aromatic N) is 1. The van der Waals surface area contributed by atoms with Crippen molar-refractivity contribution in [1.29, 1.82) is 0 Å². The van der Waals surface area contributed by atoms with Gasteiger partial charge in [0.25, 0.3) is 5.91 Å². The summed E-state index contributed by atoms with van der Waals surface area (Å²) in [7, 11) is 1.53. The molecule has 0 bridgehead atoms. The van der Waals surface area contributed by atoms with Crippen molar-refractivity contribution in [2.45, 2.75) is 26.8 Å². The van der Waals surface area contributed by atoms with Gasteiger partial charge in [0.05, 0.1) is 5.92 Å². The molecule has 132 valence electrons. The summed E-state index contributed by atoms with van der Waals surface area (Å²) in [5.74, 6) is -2.49.